The zero-order valence-corrected chi connectivity index (χ0v) is 9.23. The van der Waals surface area contributed by atoms with Crippen LogP contribution in [-0.4, -0.2) is 12.0 Å². The molecule has 1 aromatic carbocycles. The maximum atomic E-state index is 11.9. The number of hydrogen-bond donors (Lipinski definition) is 0. The van der Waals surface area contributed by atoms with Crippen molar-refractivity contribution >= 4 is 21.7 Å². The SMILES string of the molecule is O=C(CCc1ccccc1Br)C(F)(F)F. The van der Waals surface area contributed by atoms with Gasteiger partial charge in [0.1, 0.15) is 0 Å². The molecule has 0 saturated heterocycles. The summed E-state index contributed by atoms with van der Waals surface area (Å²) in [5, 5.41) is 0. The number of rotatable bonds is 3. The van der Waals surface area contributed by atoms with Crippen molar-refractivity contribution in [1.29, 1.82) is 0 Å². The Labute approximate surface area is 93.4 Å². The van der Waals surface area contributed by atoms with Gasteiger partial charge in [0.05, 0.1) is 0 Å². The average molecular weight is 281 g/mol. The Morgan fingerprint density at radius 3 is 2.40 bits per heavy atom. The van der Waals surface area contributed by atoms with Gasteiger partial charge in [-0.3, -0.25) is 4.79 Å². The lowest BCUT2D eigenvalue weighted by Crippen LogP contribution is -2.22. The molecule has 5 heteroatoms. The van der Waals surface area contributed by atoms with Crippen LogP contribution in [-0.2, 0) is 11.2 Å². The minimum atomic E-state index is -4.72. The molecule has 0 unspecified atom stereocenters. The van der Waals surface area contributed by atoms with E-state index < -0.39 is 18.4 Å². The van der Waals surface area contributed by atoms with E-state index in [2.05, 4.69) is 15.9 Å². The molecule has 1 rings (SSSR count). The normalized spacial score (nSPS) is 11.5. The van der Waals surface area contributed by atoms with Crippen molar-refractivity contribution in [2.24, 2.45) is 0 Å². The molecule has 0 aliphatic carbocycles. The van der Waals surface area contributed by atoms with E-state index in [9.17, 15) is 18.0 Å². The Hall–Kier alpha value is -0.840. The molecule has 0 aliphatic rings. The second kappa shape index (κ2) is 4.79. The molecular weight excluding hydrogens is 273 g/mol. The van der Waals surface area contributed by atoms with Gasteiger partial charge in [-0.25, -0.2) is 0 Å². The molecule has 0 bridgehead atoms. The van der Waals surface area contributed by atoms with Crippen molar-refractivity contribution in [3.8, 4) is 0 Å². The van der Waals surface area contributed by atoms with E-state index in [4.69, 9.17) is 0 Å². The highest BCUT2D eigenvalue weighted by atomic mass is 79.9. The van der Waals surface area contributed by atoms with E-state index >= 15 is 0 Å². The Kier molecular flexibility index (Phi) is 3.90. The van der Waals surface area contributed by atoms with Gasteiger partial charge in [0.2, 0.25) is 5.78 Å². The lowest BCUT2D eigenvalue weighted by molar-refractivity contribution is -0.171. The fraction of sp³-hybridized carbons (Fsp3) is 0.300. The number of benzene rings is 1. The highest BCUT2D eigenvalue weighted by Crippen LogP contribution is 2.22. The second-order valence-electron chi connectivity index (χ2n) is 3.01. The summed E-state index contributed by atoms with van der Waals surface area (Å²) in [5.41, 5.74) is 0.704. The Morgan fingerprint density at radius 2 is 1.87 bits per heavy atom. The number of halogens is 4. The van der Waals surface area contributed by atoms with Gasteiger partial charge in [0, 0.05) is 10.9 Å². The molecule has 15 heavy (non-hydrogen) atoms. The first-order chi connectivity index (χ1) is 6.91. The molecule has 0 amide bonds. The van der Waals surface area contributed by atoms with Crippen molar-refractivity contribution in [3.05, 3.63) is 34.3 Å². The first-order valence-electron chi connectivity index (χ1n) is 4.24. The van der Waals surface area contributed by atoms with Crippen LogP contribution in [0.25, 0.3) is 0 Å². The summed E-state index contributed by atoms with van der Waals surface area (Å²) in [6, 6.07) is 6.90. The first kappa shape index (κ1) is 12.2. The van der Waals surface area contributed by atoms with E-state index in [0.717, 1.165) is 4.47 Å². The molecule has 0 N–H and O–H groups in total. The summed E-state index contributed by atoms with van der Waals surface area (Å²) >= 11 is 3.20. The van der Waals surface area contributed by atoms with Crippen LogP contribution in [0.4, 0.5) is 13.2 Å². The monoisotopic (exact) mass is 280 g/mol. The van der Waals surface area contributed by atoms with Gasteiger partial charge in [0.25, 0.3) is 0 Å². The first-order valence-corrected chi connectivity index (χ1v) is 5.04. The summed E-state index contributed by atoms with van der Waals surface area (Å²) in [5.74, 6) is -1.68. The van der Waals surface area contributed by atoms with Crippen LogP contribution >= 0.6 is 15.9 Å². The van der Waals surface area contributed by atoms with Gasteiger partial charge < -0.3 is 0 Å². The Balaban J connectivity index is 2.59. The molecule has 0 saturated carbocycles. The number of ketones is 1. The minimum absolute atomic E-state index is 0.0970. The van der Waals surface area contributed by atoms with E-state index in [1.54, 1.807) is 24.3 Å². The molecular formula is C10H8BrF3O. The van der Waals surface area contributed by atoms with Crippen molar-refractivity contribution in [2.75, 3.05) is 0 Å². The van der Waals surface area contributed by atoms with E-state index in [1.807, 2.05) is 0 Å². The maximum absolute atomic E-state index is 11.9. The van der Waals surface area contributed by atoms with Crippen LogP contribution in [0.3, 0.4) is 0 Å². The van der Waals surface area contributed by atoms with Gasteiger partial charge in [-0.1, -0.05) is 34.1 Å². The molecule has 0 aromatic heterocycles. The number of alkyl halides is 3. The van der Waals surface area contributed by atoms with Crippen LogP contribution in [0.2, 0.25) is 0 Å². The molecule has 0 atom stereocenters. The number of carbonyl (C=O) groups is 1. The summed E-state index contributed by atoms with van der Waals surface area (Å²) in [6.07, 6.45) is -5.13. The topological polar surface area (TPSA) is 17.1 Å². The lowest BCUT2D eigenvalue weighted by atomic mass is 10.1. The number of carbonyl (C=O) groups excluding carboxylic acids is 1. The summed E-state index contributed by atoms with van der Waals surface area (Å²) in [6.45, 7) is 0. The largest absolute Gasteiger partial charge is 0.449 e. The van der Waals surface area contributed by atoms with Crippen LogP contribution in [0.15, 0.2) is 28.7 Å². The van der Waals surface area contributed by atoms with Crippen LogP contribution < -0.4 is 0 Å². The summed E-state index contributed by atoms with van der Waals surface area (Å²) < 4.78 is 36.4. The standard InChI is InChI=1S/C10H8BrF3O/c11-8-4-2-1-3-7(8)5-6-9(15)10(12,13)14/h1-4H,5-6H2. The van der Waals surface area contributed by atoms with E-state index in [1.165, 1.54) is 0 Å². The molecule has 0 radical (unpaired) electrons. The van der Waals surface area contributed by atoms with Crippen LogP contribution in [0, 0.1) is 0 Å². The Morgan fingerprint density at radius 1 is 1.27 bits per heavy atom. The van der Waals surface area contributed by atoms with Crippen molar-refractivity contribution in [2.45, 2.75) is 19.0 Å². The van der Waals surface area contributed by atoms with Crippen molar-refractivity contribution in [1.82, 2.24) is 0 Å². The zero-order valence-electron chi connectivity index (χ0n) is 7.64. The van der Waals surface area contributed by atoms with Crippen LogP contribution in [0.5, 0.6) is 0 Å². The van der Waals surface area contributed by atoms with Gasteiger partial charge in [-0.2, -0.15) is 13.2 Å². The van der Waals surface area contributed by atoms with Crippen LogP contribution in [0.1, 0.15) is 12.0 Å². The molecule has 0 fully saturated rings. The Bertz CT molecular complexity index is 360. The minimum Gasteiger partial charge on any atom is -0.290 e. The molecule has 1 nitrogen and oxygen atoms in total. The predicted molar refractivity (Wildman–Crippen MR) is 53.5 cm³/mol. The fourth-order valence-electron chi connectivity index (χ4n) is 1.09. The zero-order chi connectivity index (χ0) is 11.5. The molecule has 1 aromatic rings. The summed E-state index contributed by atoms with van der Waals surface area (Å²) in [7, 11) is 0. The quantitative estimate of drug-likeness (QED) is 0.828. The smallest absolute Gasteiger partial charge is 0.290 e. The number of aryl methyl sites for hydroxylation is 1. The lowest BCUT2D eigenvalue weighted by Gasteiger charge is -2.06. The second-order valence-corrected chi connectivity index (χ2v) is 3.87. The molecule has 0 heterocycles. The van der Waals surface area contributed by atoms with Crippen molar-refractivity contribution < 1.29 is 18.0 Å². The van der Waals surface area contributed by atoms with Gasteiger partial charge >= 0.3 is 6.18 Å². The highest BCUT2D eigenvalue weighted by molar-refractivity contribution is 9.10. The van der Waals surface area contributed by atoms with E-state index in [-0.39, 0.29) is 6.42 Å². The fourth-order valence-corrected chi connectivity index (χ4v) is 1.57. The highest BCUT2D eigenvalue weighted by Gasteiger charge is 2.37. The number of Topliss-reactive ketones (excluding diaryl/α,β-unsaturated/α-hetero) is 1. The predicted octanol–water partition coefficient (Wildman–Crippen LogP) is 3.51. The maximum Gasteiger partial charge on any atom is 0.449 e. The number of hydrogen-bond acceptors (Lipinski definition) is 1. The van der Waals surface area contributed by atoms with Gasteiger partial charge in [0.15, 0.2) is 0 Å². The summed E-state index contributed by atoms with van der Waals surface area (Å²) in [4.78, 5) is 10.6. The third-order valence-corrected chi connectivity index (χ3v) is 2.67. The third-order valence-electron chi connectivity index (χ3n) is 1.90. The molecule has 0 spiro atoms. The van der Waals surface area contributed by atoms with Gasteiger partial charge in [-0.15, -0.1) is 0 Å². The van der Waals surface area contributed by atoms with E-state index in [0.29, 0.717) is 5.56 Å². The molecule has 0 aliphatic heterocycles. The molecule has 82 valence electrons. The van der Waals surface area contributed by atoms with Crippen molar-refractivity contribution in [3.63, 3.8) is 0 Å². The average Bonchev–Trinajstić information content (AvgIpc) is 2.14. The third kappa shape index (κ3) is 3.66. The van der Waals surface area contributed by atoms with Gasteiger partial charge in [-0.05, 0) is 18.1 Å².